The van der Waals surface area contributed by atoms with Crippen LogP contribution in [0.3, 0.4) is 0 Å². The quantitative estimate of drug-likeness (QED) is 0.198. The number of benzene rings is 3. The highest BCUT2D eigenvalue weighted by atomic mass is 19.4. The highest BCUT2D eigenvalue weighted by molar-refractivity contribution is 6.04. The smallest absolute Gasteiger partial charge is 0.454 e. The number of hydrogen-bond acceptors (Lipinski definition) is 6. The fourth-order valence-electron chi connectivity index (χ4n) is 5.44. The molecule has 0 saturated heterocycles. The molecule has 15 heteroatoms. The van der Waals surface area contributed by atoms with Crippen LogP contribution in [-0.4, -0.2) is 36.8 Å². The summed E-state index contributed by atoms with van der Waals surface area (Å²) in [5, 5.41) is 14.4. The molecule has 0 saturated carbocycles. The number of carbonyl (C=O) groups is 1. The second-order valence-corrected chi connectivity index (χ2v) is 10.2. The molecule has 3 aromatic heterocycles. The van der Waals surface area contributed by atoms with E-state index in [0.717, 1.165) is 70.1 Å². The first-order valence-corrected chi connectivity index (χ1v) is 13.6. The molecule has 46 heavy (non-hydrogen) atoms. The van der Waals surface area contributed by atoms with Crippen LogP contribution in [0.4, 0.5) is 27.6 Å². The lowest BCUT2D eigenvalue weighted by atomic mass is 9.98. The molecule has 232 valence electrons. The fraction of sp³-hybridized carbons (Fsp3) is 0.0968. The number of aryl methyl sites for hydroxylation is 2. The van der Waals surface area contributed by atoms with Gasteiger partial charge in [-0.2, -0.15) is 10.2 Å². The zero-order valence-electron chi connectivity index (χ0n) is 23.2. The van der Waals surface area contributed by atoms with Crippen molar-refractivity contribution in [1.29, 1.82) is 0 Å². The largest absolute Gasteiger partial charge is 0.574 e. The third-order valence-corrected chi connectivity index (χ3v) is 7.35. The van der Waals surface area contributed by atoms with E-state index in [-0.39, 0.29) is 17.1 Å². The van der Waals surface area contributed by atoms with E-state index < -0.39 is 40.9 Å². The number of ether oxygens (including phenoxy) is 2. The van der Waals surface area contributed by atoms with Gasteiger partial charge in [-0.3, -0.25) is 19.4 Å². The van der Waals surface area contributed by atoms with Gasteiger partial charge in [-0.1, -0.05) is 0 Å². The first-order valence-electron chi connectivity index (χ1n) is 13.6. The van der Waals surface area contributed by atoms with Crippen LogP contribution in [0, 0.1) is 11.6 Å². The van der Waals surface area contributed by atoms with E-state index in [1.54, 1.807) is 24.7 Å². The second-order valence-electron chi connectivity index (χ2n) is 10.2. The van der Waals surface area contributed by atoms with E-state index in [2.05, 4.69) is 25.3 Å². The van der Waals surface area contributed by atoms with E-state index in [4.69, 9.17) is 4.74 Å². The van der Waals surface area contributed by atoms with Crippen molar-refractivity contribution in [3.05, 3.63) is 112 Å². The van der Waals surface area contributed by atoms with Crippen molar-refractivity contribution in [2.45, 2.75) is 19.3 Å². The maximum atomic E-state index is 15.4. The fourth-order valence-corrected chi connectivity index (χ4v) is 5.44. The Kier molecular flexibility index (Phi) is 6.80. The summed E-state index contributed by atoms with van der Waals surface area (Å²) >= 11 is 0. The maximum absolute atomic E-state index is 15.4. The number of hydrogen-bond donors (Lipinski definition) is 2. The van der Waals surface area contributed by atoms with Crippen molar-refractivity contribution in [3.8, 4) is 34.2 Å². The first-order chi connectivity index (χ1) is 22.1. The summed E-state index contributed by atoms with van der Waals surface area (Å²) in [6, 6.07) is 10.9. The third-order valence-electron chi connectivity index (χ3n) is 7.35. The molecule has 0 atom stereocenters. The molecule has 7 rings (SSSR count). The molecule has 4 heterocycles. The lowest BCUT2D eigenvalue weighted by molar-refractivity contribution is -0.276. The minimum absolute atomic E-state index is 0.0661. The number of nitrogens with zero attached hydrogens (tertiary/aromatic N) is 4. The summed E-state index contributed by atoms with van der Waals surface area (Å²) in [4.78, 5) is 26.3. The second kappa shape index (κ2) is 10.9. The van der Waals surface area contributed by atoms with Gasteiger partial charge in [0.25, 0.3) is 11.5 Å². The molecule has 0 bridgehead atoms. The van der Waals surface area contributed by atoms with Gasteiger partial charge < -0.3 is 14.8 Å². The van der Waals surface area contributed by atoms with Crippen LogP contribution < -0.4 is 20.3 Å². The summed E-state index contributed by atoms with van der Waals surface area (Å²) in [7, 11) is 0. The number of aromatic amines is 1. The highest BCUT2D eigenvalue weighted by Crippen LogP contribution is 2.43. The van der Waals surface area contributed by atoms with Gasteiger partial charge in [0.1, 0.15) is 17.1 Å². The van der Waals surface area contributed by atoms with E-state index in [1.165, 1.54) is 12.1 Å². The van der Waals surface area contributed by atoms with E-state index in [1.807, 2.05) is 4.68 Å². The summed E-state index contributed by atoms with van der Waals surface area (Å²) in [5.41, 5.74) is 1.38. The minimum atomic E-state index is -5.16. The molecule has 0 spiro atoms. The van der Waals surface area contributed by atoms with Crippen molar-refractivity contribution in [2.24, 2.45) is 0 Å². The normalized spacial score (nSPS) is 12.5. The molecule has 2 N–H and O–H groups in total. The molecule has 10 nitrogen and oxygen atoms in total. The molecule has 3 aromatic carbocycles. The standard InChI is InChI=1S/C31H19F5N6O4/c32-18-1-4-20(5-2-18)42-26(46-31(34,35)36)8-6-22(30(42)44)29(43)40-19-3-7-24(23(33)12-19)45-25-11-16-15-39-41-10-9-21(28(16)41)27(25)17-13-37-38-14-17/h1-8,11-15H,9-10H2,(H,37,38)(H,40,43). The van der Waals surface area contributed by atoms with Gasteiger partial charge >= 0.3 is 6.36 Å². The Bertz CT molecular complexity index is 2190. The Labute approximate surface area is 254 Å². The number of halogens is 5. The zero-order valence-corrected chi connectivity index (χ0v) is 23.2. The van der Waals surface area contributed by atoms with Crippen LogP contribution in [0.1, 0.15) is 15.9 Å². The molecular weight excluding hydrogens is 615 g/mol. The molecule has 1 aliphatic heterocycles. The van der Waals surface area contributed by atoms with Gasteiger partial charge in [0.15, 0.2) is 11.6 Å². The van der Waals surface area contributed by atoms with Crippen LogP contribution in [0.25, 0.3) is 27.7 Å². The topological polar surface area (TPSA) is 116 Å². The summed E-state index contributed by atoms with van der Waals surface area (Å²) in [6.45, 7) is 0.683. The SMILES string of the molecule is O=C(Nc1ccc(Oc2cc3cnn4c3c(c2-c2cn[nH]c2)CC4)c(F)c1)c1ccc(OC(F)(F)F)n(-c2ccc(F)cc2)c1=O. The van der Waals surface area contributed by atoms with Crippen LogP contribution in [0.15, 0.2) is 84.0 Å². The lowest BCUT2D eigenvalue weighted by Crippen LogP contribution is -2.31. The van der Waals surface area contributed by atoms with Crippen LogP contribution >= 0.6 is 0 Å². The van der Waals surface area contributed by atoms with Gasteiger partial charge in [-0.05, 0) is 60.5 Å². The molecule has 0 unspecified atom stereocenters. The number of H-pyrrole nitrogens is 1. The van der Waals surface area contributed by atoms with Gasteiger partial charge in [0.05, 0.1) is 23.6 Å². The van der Waals surface area contributed by atoms with Gasteiger partial charge in [-0.25, -0.2) is 13.3 Å². The Morgan fingerprint density at radius 2 is 1.78 bits per heavy atom. The number of alkyl halides is 3. The van der Waals surface area contributed by atoms with Crippen LogP contribution in [0.5, 0.6) is 17.4 Å². The number of aromatic nitrogens is 5. The molecule has 1 amide bonds. The van der Waals surface area contributed by atoms with Crippen molar-refractivity contribution in [1.82, 2.24) is 24.5 Å². The number of carbonyl (C=O) groups excluding carboxylic acids is 1. The van der Waals surface area contributed by atoms with E-state index in [9.17, 15) is 27.2 Å². The predicted octanol–water partition coefficient (Wildman–Crippen LogP) is 6.35. The molecule has 1 aliphatic rings. The molecule has 0 fully saturated rings. The van der Waals surface area contributed by atoms with Crippen LogP contribution in [-0.2, 0) is 13.0 Å². The minimum Gasteiger partial charge on any atom is -0.454 e. The molecule has 0 radical (unpaired) electrons. The van der Waals surface area contributed by atoms with Crippen molar-refractivity contribution in [3.63, 3.8) is 0 Å². The zero-order chi connectivity index (χ0) is 32.2. The van der Waals surface area contributed by atoms with Crippen molar-refractivity contribution in [2.75, 3.05) is 5.32 Å². The maximum Gasteiger partial charge on any atom is 0.574 e. The Morgan fingerprint density at radius 1 is 0.978 bits per heavy atom. The van der Waals surface area contributed by atoms with E-state index >= 15 is 4.39 Å². The van der Waals surface area contributed by atoms with Crippen molar-refractivity contribution >= 4 is 22.5 Å². The highest BCUT2D eigenvalue weighted by Gasteiger charge is 2.33. The summed E-state index contributed by atoms with van der Waals surface area (Å²) < 4.78 is 80.4. The number of amides is 1. The summed E-state index contributed by atoms with van der Waals surface area (Å²) in [6.07, 6.45) is 0.556. The average molecular weight is 635 g/mol. The average Bonchev–Trinajstić information content (AvgIpc) is 3.77. The number of pyridine rings is 1. The Balaban J connectivity index is 1.18. The van der Waals surface area contributed by atoms with Crippen LogP contribution in [0.2, 0.25) is 0 Å². The van der Waals surface area contributed by atoms with E-state index in [0.29, 0.717) is 23.3 Å². The summed E-state index contributed by atoms with van der Waals surface area (Å²) in [5.74, 6) is -3.34. The lowest BCUT2D eigenvalue weighted by Gasteiger charge is -2.17. The molecule has 0 aliphatic carbocycles. The number of rotatable bonds is 7. The first kappa shape index (κ1) is 28.8. The van der Waals surface area contributed by atoms with Gasteiger partial charge in [0, 0.05) is 47.1 Å². The predicted molar refractivity (Wildman–Crippen MR) is 154 cm³/mol. The van der Waals surface area contributed by atoms with Gasteiger partial charge in [0.2, 0.25) is 5.88 Å². The Morgan fingerprint density at radius 3 is 2.50 bits per heavy atom. The monoisotopic (exact) mass is 634 g/mol. The molecular formula is C31H19F5N6O4. The number of anilines is 1. The van der Waals surface area contributed by atoms with Gasteiger partial charge in [-0.15, -0.1) is 13.2 Å². The van der Waals surface area contributed by atoms with Crippen molar-refractivity contribution < 1.29 is 36.2 Å². The Hall–Kier alpha value is -5.99. The number of nitrogens with one attached hydrogen (secondary N) is 2. The third kappa shape index (κ3) is 5.21. The molecule has 6 aromatic rings.